The van der Waals surface area contributed by atoms with Crippen molar-refractivity contribution in [2.45, 2.75) is 46.0 Å². The Kier molecular flexibility index (Phi) is 3.24. The molecule has 0 nitrogen and oxygen atoms in total. The molecule has 1 aliphatic carbocycles. The van der Waals surface area contributed by atoms with Crippen LogP contribution in [0.3, 0.4) is 0 Å². The quantitative estimate of drug-likeness (QED) is 0.550. The van der Waals surface area contributed by atoms with Crippen LogP contribution in [0.25, 0.3) is 0 Å². The van der Waals surface area contributed by atoms with E-state index in [1.165, 1.54) is 32.1 Å². The fourth-order valence-electron chi connectivity index (χ4n) is 2.13. The minimum Gasteiger partial charge on any atom is -0.0651 e. The zero-order chi connectivity index (χ0) is 7.40. The van der Waals surface area contributed by atoms with Gasteiger partial charge >= 0.3 is 0 Å². The normalized spacial score (nSPS) is 34.2. The van der Waals surface area contributed by atoms with Crippen LogP contribution in [0.4, 0.5) is 0 Å². The number of hydrogen-bond acceptors (Lipinski definition) is 0. The molecule has 0 heterocycles. The second-order valence-electron chi connectivity index (χ2n) is 3.41. The second-order valence-corrected chi connectivity index (χ2v) is 3.41. The largest absolute Gasteiger partial charge is 0.0651 e. The van der Waals surface area contributed by atoms with Crippen molar-refractivity contribution in [2.24, 2.45) is 11.8 Å². The monoisotopic (exact) mass is 139 g/mol. The first-order valence-corrected chi connectivity index (χ1v) is 4.71. The Balaban J connectivity index is 2.34. The third-order valence-electron chi connectivity index (χ3n) is 2.85. The summed E-state index contributed by atoms with van der Waals surface area (Å²) in [7, 11) is 0. The van der Waals surface area contributed by atoms with E-state index in [0.29, 0.717) is 0 Å². The van der Waals surface area contributed by atoms with Gasteiger partial charge in [0.1, 0.15) is 0 Å². The minimum atomic E-state index is 0.943. The van der Waals surface area contributed by atoms with Crippen molar-refractivity contribution < 1.29 is 0 Å². The maximum Gasteiger partial charge on any atom is -0.0352 e. The van der Waals surface area contributed by atoms with E-state index < -0.39 is 0 Å². The van der Waals surface area contributed by atoms with Gasteiger partial charge in [0.15, 0.2) is 0 Å². The lowest BCUT2D eigenvalue weighted by Gasteiger charge is -2.29. The van der Waals surface area contributed by atoms with E-state index in [9.17, 15) is 0 Å². The summed E-state index contributed by atoms with van der Waals surface area (Å²) in [6.45, 7) is 4.64. The SMILES string of the molecule is CCC1[CH]CCCC1CC. The zero-order valence-electron chi connectivity index (χ0n) is 7.27. The summed E-state index contributed by atoms with van der Waals surface area (Å²) in [4.78, 5) is 0. The summed E-state index contributed by atoms with van der Waals surface area (Å²) < 4.78 is 0. The molecule has 0 spiro atoms. The molecule has 1 fully saturated rings. The Labute approximate surface area is 65.0 Å². The van der Waals surface area contributed by atoms with Gasteiger partial charge in [-0.25, -0.2) is 0 Å². The molecule has 0 saturated heterocycles. The van der Waals surface area contributed by atoms with Crippen molar-refractivity contribution in [3.8, 4) is 0 Å². The first-order chi connectivity index (χ1) is 4.88. The van der Waals surface area contributed by atoms with Gasteiger partial charge in [0.05, 0.1) is 0 Å². The van der Waals surface area contributed by atoms with Gasteiger partial charge in [-0.2, -0.15) is 0 Å². The van der Waals surface area contributed by atoms with Gasteiger partial charge in [-0.15, -0.1) is 0 Å². The van der Waals surface area contributed by atoms with Gasteiger partial charge in [0.25, 0.3) is 0 Å². The van der Waals surface area contributed by atoms with E-state index in [2.05, 4.69) is 20.3 Å². The van der Waals surface area contributed by atoms with Gasteiger partial charge in [-0.1, -0.05) is 39.5 Å². The van der Waals surface area contributed by atoms with E-state index in [0.717, 1.165) is 11.8 Å². The summed E-state index contributed by atoms with van der Waals surface area (Å²) in [5.74, 6) is 1.96. The summed E-state index contributed by atoms with van der Waals surface area (Å²) >= 11 is 0. The van der Waals surface area contributed by atoms with Crippen LogP contribution < -0.4 is 0 Å². The Morgan fingerprint density at radius 3 is 2.60 bits per heavy atom. The topological polar surface area (TPSA) is 0 Å². The highest BCUT2D eigenvalue weighted by Gasteiger charge is 2.21. The molecule has 1 rings (SSSR count). The van der Waals surface area contributed by atoms with E-state index >= 15 is 0 Å². The summed E-state index contributed by atoms with van der Waals surface area (Å²) in [6.07, 6.45) is 9.57. The first kappa shape index (κ1) is 8.10. The summed E-state index contributed by atoms with van der Waals surface area (Å²) in [5, 5.41) is 0. The highest BCUT2D eigenvalue weighted by atomic mass is 14.3. The second kappa shape index (κ2) is 4.00. The molecular weight excluding hydrogens is 120 g/mol. The van der Waals surface area contributed by atoms with Crippen LogP contribution in [0, 0.1) is 18.3 Å². The highest BCUT2D eigenvalue weighted by Crippen LogP contribution is 2.33. The third-order valence-corrected chi connectivity index (χ3v) is 2.85. The van der Waals surface area contributed by atoms with Gasteiger partial charge in [-0.3, -0.25) is 0 Å². The Morgan fingerprint density at radius 1 is 1.30 bits per heavy atom. The maximum atomic E-state index is 2.54. The van der Waals surface area contributed by atoms with Crippen LogP contribution >= 0.6 is 0 Å². The Morgan fingerprint density at radius 2 is 2.10 bits per heavy atom. The fourth-order valence-corrected chi connectivity index (χ4v) is 2.13. The van der Waals surface area contributed by atoms with Crippen LogP contribution in [0.15, 0.2) is 0 Å². The molecular formula is C10H19. The molecule has 0 aromatic carbocycles. The predicted molar refractivity (Wildman–Crippen MR) is 45.7 cm³/mol. The molecule has 1 aliphatic rings. The van der Waals surface area contributed by atoms with Crippen molar-refractivity contribution in [3.05, 3.63) is 6.42 Å². The minimum absolute atomic E-state index is 0.943. The zero-order valence-corrected chi connectivity index (χ0v) is 7.27. The molecule has 0 aromatic heterocycles. The summed E-state index contributed by atoms with van der Waals surface area (Å²) in [5.41, 5.74) is 0. The molecule has 2 unspecified atom stereocenters. The van der Waals surface area contributed by atoms with Gasteiger partial charge in [0.2, 0.25) is 0 Å². The van der Waals surface area contributed by atoms with Crippen molar-refractivity contribution in [3.63, 3.8) is 0 Å². The van der Waals surface area contributed by atoms with Crippen LogP contribution in [0.2, 0.25) is 0 Å². The van der Waals surface area contributed by atoms with Crippen molar-refractivity contribution in [2.75, 3.05) is 0 Å². The molecule has 59 valence electrons. The molecule has 10 heavy (non-hydrogen) atoms. The lowest BCUT2D eigenvalue weighted by atomic mass is 9.77. The van der Waals surface area contributed by atoms with E-state index in [1.807, 2.05) is 0 Å². The molecule has 0 aliphatic heterocycles. The maximum absolute atomic E-state index is 2.54. The van der Waals surface area contributed by atoms with Crippen molar-refractivity contribution in [1.29, 1.82) is 0 Å². The molecule has 0 N–H and O–H groups in total. The Bertz CT molecular complexity index is 74.0. The average Bonchev–Trinajstić information content (AvgIpc) is 2.04. The fraction of sp³-hybridized carbons (Fsp3) is 0.900. The first-order valence-electron chi connectivity index (χ1n) is 4.71. The number of rotatable bonds is 2. The van der Waals surface area contributed by atoms with Gasteiger partial charge < -0.3 is 0 Å². The standard InChI is InChI=1S/C10H19/c1-3-9-7-5-6-8-10(9)4-2/h7,9-10H,3-6,8H2,1-2H3. The predicted octanol–water partition coefficient (Wildman–Crippen LogP) is 3.43. The average molecular weight is 139 g/mol. The molecule has 1 saturated carbocycles. The molecule has 0 aromatic rings. The van der Waals surface area contributed by atoms with Crippen LogP contribution in [0.5, 0.6) is 0 Å². The van der Waals surface area contributed by atoms with Crippen LogP contribution in [-0.4, -0.2) is 0 Å². The van der Waals surface area contributed by atoms with Gasteiger partial charge in [0, 0.05) is 0 Å². The lowest BCUT2D eigenvalue weighted by Crippen LogP contribution is -2.18. The van der Waals surface area contributed by atoms with Crippen LogP contribution in [0.1, 0.15) is 46.0 Å². The van der Waals surface area contributed by atoms with Crippen molar-refractivity contribution in [1.82, 2.24) is 0 Å². The molecule has 0 heteroatoms. The van der Waals surface area contributed by atoms with Crippen LogP contribution in [-0.2, 0) is 0 Å². The van der Waals surface area contributed by atoms with E-state index in [1.54, 1.807) is 0 Å². The van der Waals surface area contributed by atoms with Gasteiger partial charge in [-0.05, 0) is 24.7 Å². The van der Waals surface area contributed by atoms with E-state index in [-0.39, 0.29) is 0 Å². The Hall–Kier alpha value is 0. The van der Waals surface area contributed by atoms with Crippen molar-refractivity contribution >= 4 is 0 Å². The number of hydrogen-bond donors (Lipinski definition) is 0. The smallest absolute Gasteiger partial charge is 0.0352 e. The summed E-state index contributed by atoms with van der Waals surface area (Å²) in [6, 6.07) is 0. The third kappa shape index (κ3) is 1.74. The molecule has 0 bridgehead atoms. The highest BCUT2D eigenvalue weighted by molar-refractivity contribution is 4.85. The molecule has 1 radical (unpaired) electrons. The molecule has 0 amide bonds. The lowest BCUT2D eigenvalue weighted by molar-refractivity contribution is 0.282. The molecule has 2 atom stereocenters. The van der Waals surface area contributed by atoms with E-state index in [4.69, 9.17) is 0 Å².